The number of nitro groups is 1. The van der Waals surface area contributed by atoms with Gasteiger partial charge in [0.15, 0.2) is 0 Å². The van der Waals surface area contributed by atoms with E-state index in [2.05, 4.69) is 10.6 Å². The zero-order chi connectivity index (χ0) is 12.4. The van der Waals surface area contributed by atoms with E-state index in [0.29, 0.717) is 5.56 Å². The number of nitrogens with one attached hydrogen (secondary N) is 2. The first-order valence-corrected chi connectivity index (χ1v) is 5.39. The van der Waals surface area contributed by atoms with E-state index in [0.717, 1.165) is 12.8 Å². The molecule has 1 saturated carbocycles. The summed E-state index contributed by atoms with van der Waals surface area (Å²) >= 11 is 0. The first kappa shape index (κ1) is 11.4. The second-order valence-electron chi connectivity index (χ2n) is 3.95. The Labute approximate surface area is 98.2 Å². The van der Waals surface area contributed by atoms with Crippen molar-refractivity contribution in [3.63, 3.8) is 0 Å². The van der Waals surface area contributed by atoms with E-state index in [1.807, 2.05) is 0 Å². The molecule has 1 aromatic rings. The number of nitrogens with zero attached hydrogens (tertiary/aromatic N) is 1. The van der Waals surface area contributed by atoms with Crippen LogP contribution in [0.1, 0.15) is 23.2 Å². The predicted octanol–water partition coefficient (Wildman–Crippen LogP) is 1.53. The number of amides is 1. The lowest BCUT2D eigenvalue weighted by atomic mass is 10.1. The molecule has 0 spiro atoms. The van der Waals surface area contributed by atoms with Gasteiger partial charge in [-0.2, -0.15) is 0 Å². The van der Waals surface area contributed by atoms with E-state index < -0.39 is 4.92 Å². The van der Waals surface area contributed by atoms with E-state index in [-0.39, 0.29) is 23.3 Å². The molecule has 0 aromatic heterocycles. The normalized spacial score (nSPS) is 14.2. The third-order valence-electron chi connectivity index (χ3n) is 2.65. The molecule has 1 aliphatic rings. The second-order valence-corrected chi connectivity index (χ2v) is 3.95. The smallest absolute Gasteiger partial charge is 0.293 e. The van der Waals surface area contributed by atoms with Crippen molar-refractivity contribution in [1.82, 2.24) is 5.32 Å². The molecule has 2 N–H and O–H groups in total. The zero-order valence-electron chi connectivity index (χ0n) is 9.40. The molecule has 2 rings (SSSR count). The molecule has 0 heterocycles. The number of carbonyl (C=O) groups is 1. The van der Waals surface area contributed by atoms with Crippen LogP contribution in [0.3, 0.4) is 0 Å². The van der Waals surface area contributed by atoms with Gasteiger partial charge in [0.2, 0.25) is 0 Å². The fourth-order valence-electron chi connectivity index (χ4n) is 1.64. The van der Waals surface area contributed by atoms with E-state index in [1.165, 1.54) is 12.1 Å². The summed E-state index contributed by atoms with van der Waals surface area (Å²) in [6.07, 6.45) is 1.96. The van der Waals surface area contributed by atoms with Crippen LogP contribution in [-0.4, -0.2) is 23.9 Å². The van der Waals surface area contributed by atoms with Gasteiger partial charge in [0.1, 0.15) is 5.69 Å². The van der Waals surface area contributed by atoms with Crippen LogP contribution in [0, 0.1) is 10.1 Å². The van der Waals surface area contributed by atoms with E-state index in [4.69, 9.17) is 0 Å². The number of hydrogen-bond donors (Lipinski definition) is 2. The summed E-state index contributed by atoms with van der Waals surface area (Å²) < 4.78 is 0. The number of para-hydroxylation sites is 1. The molecule has 0 aliphatic heterocycles. The van der Waals surface area contributed by atoms with Gasteiger partial charge < -0.3 is 10.6 Å². The fraction of sp³-hybridized carbons (Fsp3) is 0.364. The van der Waals surface area contributed by atoms with Crippen LogP contribution in [0.4, 0.5) is 11.4 Å². The van der Waals surface area contributed by atoms with Gasteiger partial charge in [-0.05, 0) is 18.9 Å². The molecule has 1 fully saturated rings. The topological polar surface area (TPSA) is 84.3 Å². The maximum absolute atomic E-state index is 11.9. The van der Waals surface area contributed by atoms with Crippen molar-refractivity contribution >= 4 is 17.3 Å². The zero-order valence-corrected chi connectivity index (χ0v) is 9.40. The molecule has 1 aromatic carbocycles. The highest BCUT2D eigenvalue weighted by molar-refractivity contribution is 6.01. The van der Waals surface area contributed by atoms with Gasteiger partial charge in [0.25, 0.3) is 11.6 Å². The molecule has 0 bridgehead atoms. The van der Waals surface area contributed by atoms with Crippen molar-refractivity contribution in [2.45, 2.75) is 18.9 Å². The third kappa shape index (κ3) is 2.35. The van der Waals surface area contributed by atoms with E-state index in [1.54, 1.807) is 13.1 Å². The van der Waals surface area contributed by atoms with Crippen molar-refractivity contribution < 1.29 is 9.72 Å². The first-order chi connectivity index (χ1) is 8.13. The number of hydrogen-bond acceptors (Lipinski definition) is 4. The number of rotatable bonds is 4. The average Bonchev–Trinajstić information content (AvgIpc) is 3.11. The van der Waals surface area contributed by atoms with Crippen LogP contribution >= 0.6 is 0 Å². The Morgan fingerprint density at radius 3 is 2.71 bits per heavy atom. The lowest BCUT2D eigenvalue weighted by Crippen LogP contribution is -2.26. The lowest BCUT2D eigenvalue weighted by molar-refractivity contribution is -0.384. The minimum absolute atomic E-state index is 0.0871. The molecule has 0 saturated heterocycles. The van der Waals surface area contributed by atoms with Gasteiger partial charge in [-0.1, -0.05) is 6.07 Å². The van der Waals surface area contributed by atoms with Crippen LogP contribution in [0.15, 0.2) is 18.2 Å². The first-order valence-electron chi connectivity index (χ1n) is 5.39. The second kappa shape index (κ2) is 4.40. The largest absolute Gasteiger partial charge is 0.382 e. The average molecular weight is 235 g/mol. The Kier molecular flexibility index (Phi) is 2.95. The Morgan fingerprint density at radius 2 is 2.18 bits per heavy atom. The van der Waals surface area contributed by atoms with Crippen molar-refractivity contribution in [1.29, 1.82) is 0 Å². The minimum Gasteiger partial charge on any atom is -0.382 e. The van der Waals surface area contributed by atoms with Gasteiger partial charge in [-0.3, -0.25) is 14.9 Å². The minimum atomic E-state index is -0.500. The van der Waals surface area contributed by atoms with Crippen LogP contribution in [0.5, 0.6) is 0 Å². The van der Waals surface area contributed by atoms with Crippen LogP contribution < -0.4 is 10.6 Å². The maximum Gasteiger partial charge on any atom is 0.293 e. The van der Waals surface area contributed by atoms with E-state index in [9.17, 15) is 14.9 Å². The van der Waals surface area contributed by atoms with Crippen molar-refractivity contribution in [2.75, 3.05) is 12.4 Å². The molecule has 0 radical (unpaired) electrons. The number of benzene rings is 1. The molecule has 6 nitrogen and oxygen atoms in total. The summed E-state index contributed by atoms with van der Waals surface area (Å²) in [6, 6.07) is 4.70. The maximum atomic E-state index is 11.9. The highest BCUT2D eigenvalue weighted by Gasteiger charge is 2.26. The molecule has 6 heteroatoms. The van der Waals surface area contributed by atoms with Gasteiger partial charge in [-0.15, -0.1) is 0 Å². The van der Waals surface area contributed by atoms with Crippen molar-refractivity contribution in [3.8, 4) is 0 Å². The fourth-order valence-corrected chi connectivity index (χ4v) is 1.64. The number of carbonyl (C=O) groups excluding carboxylic acids is 1. The van der Waals surface area contributed by atoms with Gasteiger partial charge in [-0.25, -0.2) is 0 Å². The molecule has 1 amide bonds. The summed E-state index contributed by atoms with van der Waals surface area (Å²) in [5, 5.41) is 16.4. The quantitative estimate of drug-likeness (QED) is 0.612. The molecule has 0 unspecified atom stereocenters. The Balaban J connectivity index is 2.34. The Hall–Kier alpha value is -2.11. The van der Waals surface area contributed by atoms with Crippen molar-refractivity contribution in [3.05, 3.63) is 33.9 Å². The summed E-state index contributed by atoms with van der Waals surface area (Å²) in [5.41, 5.74) is 0.486. The predicted molar refractivity (Wildman–Crippen MR) is 63.1 cm³/mol. The molecular weight excluding hydrogens is 222 g/mol. The third-order valence-corrected chi connectivity index (χ3v) is 2.65. The molecule has 17 heavy (non-hydrogen) atoms. The monoisotopic (exact) mass is 235 g/mol. The van der Waals surface area contributed by atoms with E-state index >= 15 is 0 Å². The van der Waals surface area contributed by atoms with Gasteiger partial charge in [0, 0.05) is 19.2 Å². The lowest BCUT2D eigenvalue weighted by Gasteiger charge is -2.09. The highest BCUT2D eigenvalue weighted by Crippen LogP contribution is 2.28. The summed E-state index contributed by atoms with van der Waals surface area (Å²) in [4.78, 5) is 22.2. The highest BCUT2D eigenvalue weighted by atomic mass is 16.6. The molecular formula is C11H13N3O3. The SMILES string of the molecule is CNc1c(C(=O)NC2CC2)cccc1[N+](=O)[O-]. The molecule has 0 atom stereocenters. The standard InChI is InChI=1S/C11H13N3O3/c1-12-10-8(11(15)13-7-5-6-7)3-2-4-9(10)14(16)17/h2-4,7,12H,5-6H2,1H3,(H,13,15). The van der Waals surface area contributed by atoms with Crippen molar-refractivity contribution in [2.24, 2.45) is 0 Å². The van der Waals surface area contributed by atoms with Gasteiger partial charge in [0.05, 0.1) is 10.5 Å². The summed E-state index contributed by atoms with van der Waals surface area (Å²) in [5.74, 6) is -0.263. The Morgan fingerprint density at radius 1 is 1.47 bits per heavy atom. The Bertz CT molecular complexity index is 469. The van der Waals surface area contributed by atoms with Crippen LogP contribution in [0.25, 0.3) is 0 Å². The number of nitro benzene ring substituents is 1. The van der Waals surface area contributed by atoms with Crippen LogP contribution in [-0.2, 0) is 0 Å². The summed E-state index contributed by atoms with van der Waals surface area (Å²) in [7, 11) is 1.57. The molecule has 90 valence electrons. The summed E-state index contributed by atoms with van der Waals surface area (Å²) in [6.45, 7) is 0. The van der Waals surface area contributed by atoms with Crippen LogP contribution in [0.2, 0.25) is 0 Å². The number of anilines is 1. The van der Waals surface area contributed by atoms with Gasteiger partial charge >= 0.3 is 0 Å². The molecule has 1 aliphatic carbocycles.